The highest BCUT2D eigenvalue weighted by Crippen LogP contribution is 2.17. The lowest BCUT2D eigenvalue weighted by molar-refractivity contribution is -0.142. The van der Waals surface area contributed by atoms with Crippen molar-refractivity contribution in [1.29, 1.82) is 0 Å². The summed E-state index contributed by atoms with van der Waals surface area (Å²) in [5, 5.41) is 3.02. The third-order valence-corrected chi connectivity index (χ3v) is 6.51. The van der Waals surface area contributed by atoms with Crippen molar-refractivity contribution in [3.63, 3.8) is 0 Å². The van der Waals surface area contributed by atoms with Crippen LogP contribution in [0.5, 0.6) is 11.5 Å². The van der Waals surface area contributed by atoms with Crippen LogP contribution in [0.15, 0.2) is 109 Å². The van der Waals surface area contributed by atoms with E-state index in [0.29, 0.717) is 30.7 Å². The van der Waals surface area contributed by atoms with Gasteiger partial charge in [0.05, 0.1) is 7.11 Å². The second kappa shape index (κ2) is 14.5. The van der Waals surface area contributed by atoms with Crippen molar-refractivity contribution in [3.05, 3.63) is 132 Å². The van der Waals surface area contributed by atoms with E-state index in [0.717, 1.165) is 16.9 Å². The number of methoxy groups -OCH3 is 1. The largest absolute Gasteiger partial charge is 0.497 e. The molecule has 4 aromatic carbocycles. The molecule has 0 heterocycles. The van der Waals surface area contributed by atoms with Gasteiger partial charge in [-0.2, -0.15) is 0 Å². The summed E-state index contributed by atoms with van der Waals surface area (Å²) in [5.74, 6) is 0.336. The van der Waals surface area contributed by atoms with Crippen LogP contribution in [0.2, 0.25) is 0 Å². The molecule has 0 unspecified atom stereocenters. The molecular formula is C33H33FN2O4. The number of hydrogen-bond donors (Lipinski definition) is 1. The lowest BCUT2D eigenvalue weighted by atomic mass is 10.0. The van der Waals surface area contributed by atoms with Gasteiger partial charge < -0.3 is 19.7 Å². The monoisotopic (exact) mass is 540 g/mol. The number of rotatable bonds is 13. The van der Waals surface area contributed by atoms with Gasteiger partial charge in [-0.15, -0.1) is 0 Å². The SMILES string of the molecule is COc1ccc(CCNC(=O)[C@@H](Cc2ccccc2)N(Cc2ccc(F)cc2)C(=O)COc2ccccc2)cc1. The third kappa shape index (κ3) is 8.43. The highest BCUT2D eigenvalue weighted by molar-refractivity contribution is 5.88. The number of nitrogens with one attached hydrogen (secondary N) is 1. The molecule has 0 saturated heterocycles. The molecule has 0 aliphatic carbocycles. The van der Waals surface area contributed by atoms with E-state index in [1.807, 2.05) is 72.8 Å². The maximum Gasteiger partial charge on any atom is 0.261 e. The fraction of sp³-hybridized carbons (Fsp3) is 0.212. The second-order valence-corrected chi connectivity index (χ2v) is 9.34. The Hall–Kier alpha value is -4.65. The zero-order chi connectivity index (χ0) is 28.2. The second-order valence-electron chi connectivity index (χ2n) is 9.34. The summed E-state index contributed by atoms with van der Waals surface area (Å²) < 4.78 is 24.6. The Morgan fingerprint density at radius 3 is 2.05 bits per heavy atom. The first-order valence-corrected chi connectivity index (χ1v) is 13.2. The first kappa shape index (κ1) is 28.4. The minimum absolute atomic E-state index is 0.126. The van der Waals surface area contributed by atoms with E-state index in [1.54, 1.807) is 31.4 Å². The Labute approximate surface area is 234 Å². The van der Waals surface area contributed by atoms with Crippen LogP contribution in [0.25, 0.3) is 0 Å². The summed E-state index contributed by atoms with van der Waals surface area (Å²) in [4.78, 5) is 28.8. The van der Waals surface area contributed by atoms with Crippen molar-refractivity contribution in [1.82, 2.24) is 10.2 Å². The molecule has 0 radical (unpaired) electrons. The molecule has 6 nitrogen and oxygen atoms in total. The number of ether oxygens (including phenoxy) is 2. The standard InChI is InChI=1S/C33H33FN2O4/c1-39-29-18-14-25(15-19-29)20-21-35-33(38)31(22-26-8-4-2-5-9-26)36(23-27-12-16-28(34)17-13-27)32(37)24-40-30-10-6-3-7-11-30/h2-19,31H,20-24H2,1H3,(H,35,38)/t31-/m1/s1. The zero-order valence-electron chi connectivity index (χ0n) is 22.5. The van der Waals surface area contributed by atoms with Crippen molar-refractivity contribution in [2.45, 2.75) is 25.4 Å². The first-order valence-electron chi connectivity index (χ1n) is 13.2. The van der Waals surface area contributed by atoms with Gasteiger partial charge in [0.25, 0.3) is 5.91 Å². The smallest absolute Gasteiger partial charge is 0.261 e. The van der Waals surface area contributed by atoms with Crippen molar-refractivity contribution in [2.75, 3.05) is 20.3 Å². The molecule has 40 heavy (non-hydrogen) atoms. The quantitative estimate of drug-likeness (QED) is 0.253. The predicted molar refractivity (Wildman–Crippen MR) is 153 cm³/mol. The molecule has 1 atom stereocenters. The van der Waals surface area contributed by atoms with Gasteiger partial charge in [0.1, 0.15) is 23.4 Å². The summed E-state index contributed by atoms with van der Waals surface area (Å²) in [6, 6.07) is 31.4. The minimum Gasteiger partial charge on any atom is -0.497 e. The van der Waals surface area contributed by atoms with Crippen LogP contribution in [0.3, 0.4) is 0 Å². The predicted octanol–water partition coefficient (Wildman–Crippen LogP) is 5.21. The molecule has 0 aliphatic rings. The van der Waals surface area contributed by atoms with Crippen LogP contribution in [0.4, 0.5) is 4.39 Å². The Morgan fingerprint density at radius 2 is 1.40 bits per heavy atom. The molecule has 7 heteroatoms. The van der Waals surface area contributed by atoms with Crippen LogP contribution in [-0.4, -0.2) is 43.0 Å². The molecular weight excluding hydrogens is 507 g/mol. The summed E-state index contributed by atoms with van der Waals surface area (Å²) in [5.41, 5.74) is 2.67. The van der Waals surface area contributed by atoms with Crippen LogP contribution < -0.4 is 14.8 Å². The molecule has 4 aromatic rings. The number of amides is 2. The van der Waals surface area contributed by atoms with Crippen LogP contribution >= 0.6 is 0 Å². The Morgan fingerprint density at radius 1 is 0.775 bits per heavy atom. The summed E-state index contributed by atoms with van der Waals surface area (Å²) in [6.07, 6.45) is 0.935. The fourth-order valence-corrected chi connectivity index (χ4v) is 4.33. The number of benzene rings is 4. The van der Waals surface area contributed by atoms with Crippen molar-refractivity contribution < 1.29 is 23.5 Å². The summed E-state index contributed by atoms with van der Waals surface area (Å²) in [6.45, 7) is 0.284. The number of carbonyl (C=O) groups excluding carboxylic acids is 2. The molecule has 0 aliphatic heterocycles. The third-order valence-electron chi connectivity index (χ3n) is 6.51. The molecule has 0 aromatic heterocycles. The van der Waals surface area contributed by atoms with E-state index in [-0.39, 0.29) is 30.8 Å². The van der Waals surface area contributed by atoms with Gasteiger partial charge in [-0.25, -0.2) is 4.39 Å². The van der Waals surface area contributed by atoms with E-state index in [1.165, 1.54) is 17.0 Å². The minimum atomic E-state index is -0.810. The molecule has 4 rings (SSSR count). The fourth-order valence-electron chi connectivity index (χ4n) is 4.33. The van der Waals surface area contributed by atoms with Crippen molar-refractivity contribution in [2.24, 2.45) is 0 Å². The van der Waals surface area contributed by atoms with E-state index >= 15 is 0 Å². The average molecular weight is 541 g/mol. The highest BCUT2D eigenvalue weighted by Gasteiger charge is 2.30. The molecule has 0 saturated carbocycles. The molecule has 0 fully saturated rings. The number of para-hydroxylation sites is 1. The Balaban J connectivity index is 1.54. The molecule has 1 N–H and O–H groups in total. The van der Waals surface area contributed by atoms with Gasteiger partial charge in [-0.05, 0) is 59.5 Å². The van der Waals surface area contributed by atoms with Gasteiger partial charge in [-0.3, -0.25) is 9.59 Å². The number of nitrogens with zero attached hydrogens (tertiary/aromatic N) is 1. The van der Waals surface area contributed by atoms with E-state index in [4.69, 9.17) is 9.47 Å². The average Bonchev–Trinajstić information content (AvgIpc) is 3.00. The number of carbonyl (C=O) groups is 2. The highest BCUT2D eigenvalue weighted by atomic mass is 19.1. The van der Waals surface area contributed by atoms with E-state index in [9.17, 15) is 14.0 Å². The van der Waals surface area contributed by atoms with Crippen LogP contribution in [-0.2, 0) is 29.0 Å². The summed E-state index contributed by atoms with van der Waals surface area (Å²) in [7, 11) is 1.62. The molecule has 0 spiro atoms. The van der Waals surface area contributed by atoms with E-state index in [2.05, 4.69) is 5.32 Å². The van der Waals surface area contributed by atoms with Gasteiger partial charge in [0.15, 0.2) is 6.61 Å². The van der Waals surface area contributed by atoms with Crippen molar-refractivity contribution >= 4 is 11.8 Å². The zero-order valence-corrected chi connectivity index (χ0v) is 22.5. The van der Waals surface area contributed by atoms with E-state index < -0.39 is 6.04 Å². The molecule has 0 bridgehead atoms. The van der Waals surface area contributed by atoms with Crippen LogP contribution in [0.1, 0.15) is 16.7 Å². The van der Waals surface area contributed by atoms with Gasteiger partial charge in [0, 0.05) is 19.5 Å². The van der Waals surface area contributed by atoms with Crippen molar-refractivity contribution in [3.8, 4) is 11.5 Å². The number of hydrogen-bond acceptors (Lipinski definition) is 4. The maximum atomic E-state index is 13.7. The summed E-state index contributed by atoms with van der Waals surface area (Å²) >= 11 is 0. The van der Waals surface area contributed by atoms with Gasteiger partial charge in [0.2, 0.25) is 5.91 Å². The molecule has 206 valence electrons. The Bertz CT molecular complexity index is 1350. The van der Waals surface area contributed by atoms with Crippen LogP contribution in [0, 0.1) is 5.82 Å². The first-order chi connectivity index (χ1) is 19.5. The molecule has 2 amide bonds. The lowest BCUT2D eigenvalue weighted by Crippen LogP contribution is -2.52. The topological polar surface area (TPSA) is 67.9 Å². The maximum absolute atomic E-state index is 13.7. The lowest BCUT2D eigenvalue weighted by Gasteiger charge is -2.31. The van der Waals surface area contributed by atoms with Gasteiger partial charge >= 0.3 is 0 Å². The number of halogens is 1. The normalized spacial score (nSPS) is 11.3. The van der Waals surface area contributed by atoms with Gasteiger partial charge in [-0.1, -0.05) is 72.8 Å². The Kier molecular flexibility index (Phi) is 10.3.